The van der Waals surface area contributed by atoms with E-state index < -0.39 is 23.5 Å². The lowest BCUT2D eigenvalue weighted by atomic mass is 10.2. The molecule has 0 amide bonds. The molecule has 94 valence electrons. The largest absolute Gasteiger partial charge is 0.409 e. The van der Waals surface area contributed by atoms with E-state index in [9.17, 15) is 13.2 Å². The van der Waals surface area contributed by atoms with Gasteiger partial charge in [-0.15, -0.1) is 0 Å². The molecule has 0 aliphatic carbocycles. The van der Waals surface area contributed by atoms with E-state index in [4.69, 9.17) is 10.9 Å². The predicted octanol–water partition coefficient (Wildman–Crippen LogP) is 2.04. The second-order valence-electron chi connectivity index (χ2n) is 3.59. The molecular weight excluding hydrogens is 235 g/mol. The summed E-state index contributed by atoms with van der Waals surface area (Å²) >= 11 is 0. The van der Waals surface area contributed by atoms with Crippen molar-refractivity contribution in [2.45, 2.75) is 19.4 Å². The van der Waals surface area contributed by atoms with Crippen molar-refractivity contribution in [2.24, 2.45) is 10.9 Å². The fourth-order valence-electron chi connectivity index (χ4n) is 1.30. The van der Waals surface area contributed by atoms with E-state index in [2.05, 4.69) is 10.5 Å². The second-order valence-corrected chi connectivity index (χ2v) is 3.59. The zero-order chi connectivity index (χ0) is 13.0. The molecule has 0 bridgehead atoms. The molecule has 1 aromatic carbocycles. The van der Waals surface area contributed by atoms with Gasteiger partial charge in [-0.25, -0.2) is 13.2 Å². The molecule has 7 heteroatoms. The molecule has 0 fully saturated rings. The maximum Gasteiger partial charge on any atom is 0.161 e. The zero-order valence-electron chi connectivity index (χ0n) is 9.04. The van der Waals surface area contributed by atoms with Crippen LogP contribution in [0, 0.1) is 17.5 Å². The van der Waals surface area contributed by atoms with E-state index in [1.165, 1.54) is 0 Å². The third-order valence-corrected chi connectivity index (χ3v) is 2.06. The van der Waals surface area contributed by atoms with Crippen LogP contribution in [-0.2, 0) is 0 Å². The van der Waals surface area contributed by atoms with Crippen molar-refractivity contribution < 1.29 is 18.4 Å². The van der Waals surface area contributed by atoms with Gasteiger partial charge in [0.2, 0.25) is 0 Å². The highest BCUT2D eigenvalue weighted by atomic mass is 19.2. The topological polar surface area (TPSA) is 70.6 Å². The Hall–Kier alpha value is -1.92. The van der Waals surface area contributed by atoms with E-state index in [1.807, 2.05) is 0 Å². The van der Waals surface area contributed by atoms with Crippen molar-refractivity contribution in [3.63, 3.8) is 0 Å². The third-order valence-electron chi connectivity index (χ3n) is 2.06. The van der Waals surface area contributed by atoms with Gasteiger partial charge in [0.05, 0.1) is 5.69 Å². The molecule has 4 N–H and O–H groups in total. The molecule has 0 radical (unpaired) electrons. The Morgan fingerprint density at radius 3 is 2.53 bits per heavy atom. The Bertz CT molecular complexity index is 437. The molecule has 0 spiro atoms. The summed E-state index contributed by atoms with van der Waals surface area (Å²) in [6, 6.07) is 0.770. The van der Waals surface area contributed by atoms with Crippen LogP contribution < -0.4 is 11.1 Å². The summed E-state index contributed by atoms with van der Waals surface area (Å²) in [5.41, 5.74) is 5.07. The van der Waals surface area contributed by atoms with Gasteiger partial charge in [-0.1, -0.05) is 5.16 Å². The predicted molar refractivity (Wildman–Crippen MR) is 57.4 cm³/mol. The van der Waals surface area contributed by atoms with E-state index in [1.54, 1.807) is 6.92 Å². The van der Waals surface area contributed by atoms with Crippen molar-refractivity contribution in [1.82, 2.24) is 0 Å². The first kappa shape index (κ1) is 13.1. The minimum Gasteiger partial charge on any atom is -0.409 e. The van der Waals surface area contributed by atoms with Crippen LogP contribution in [-0.4, -0.2) is 17.1 Å². The summed E-state index contributed by atoms with van der Waals surface area (Å²) in [5.74, 6) is -3.36. The number of amidine groups is 1. The van der Waals surface area contributed by atoms with Crippen LogP contribution in [0.5, 0.6) is 0 Å². The molecule has 4 nitrogen and oxygen atoms in total. The van der Waals surface area contributed by atoms with Crippen molar-refractivity contribution in [2.75, 3.05) is 5.32 Å². The molecule has 1 rings (SSSR count). The van der Waals surface area contributed by atoms with Gasteiger partial charge in [0.15, 0.2) is 11.6 Å². The number of nitrogens with one attached hydrogen (secondary N) is 1. The number of rotatable bonds is 4. The second kappa shape index (κ2) is 5.42. The van der Waals surface area contributed by atoms with E-state index in [-0.39, 0.29) is 17.9 Å². The normalized spacial score (nSPS) is 13.5. The van der Waals surface area contributed by atoms with Crippen LogP contribution in [0.2, 0.25) is 0 Å². The van der Waals surface area contributed by atoms with Crippen LogP contribution in [0.4, 0.5) is 18.9 Å². The number of nitrogens with zero attached hydrogens (tertiary/aromatic N) is 1. The monoisotopic (exact) mass is 247 g/mol. The average molecular weight is 247 g/mol. The highest BCUT2D eigenvalue weighted by Gasteiger charge is 2.12. The smallest absolute Gasteiger partial charge is 0.161 e. The van der Waals surface area contributed by atoms with Crippen molar-refractivity contribution >= 4 is 11.5 Å². The minimum atomic E-state index is -1.25. The fourth-order valence-corrected chi connectivity index (χ4v) is 1.30. The Kier molecular flexibility index (Phi) is 4.19. The molecule has 1 unspecified atom stereocenters. The minimum absolute atomic E-state index is 0.0482. The van der Waals surface area contributed by atoms with Crippen LogP contribution in [0.1, 0.15) is 13.3 Å². The maximum absolute atomic E-state index is 13.2. The number of oxime groups is 1. The number of anilines is 1. The van der Waals surface area contributed by atoms with E-state index in [0.29, 0.717) is 12.1 Å². The van der Waals surface area contributed by atoms with E-state index in [0.717, 1.165) is 0 Å². The molecule has 0 heterocycles. The molecular formula is C10H12F3N3O. The molecule has 0 saturated heterocycles. The summed E-state index contributed by atoms with van der Waals surface area (Å²) in [6.07, 6.45) is 0.134. The summed E-state index contributed by atoms with van der Waals surface area (Å²) in [6.45, 7) is 1.62. The van der Waals surface area contributed by atoms with Crippen LogP contribution in [0.15, 0.2) is 17.3 Å². The molecule has 0 aromatic heterocycles. The van der Waals surface area contributed by atoms with Crippen LogP contribution in [0.25, 0.3) is 0 Å². The van der Waals surface area contributed by atoms with Crippen molar-refractivity contribution in [3.8, 4) is 0 Å². The maximum atomic E-state index is 13.2. The van der Waals surface area contributed by atoms with Gasteiger partial charge in [0.25, 0.3) is 0 Å². The Morgan fingerprint density at radius 1 is 1.35 bits per heavy atom. The Morgan fingerprint density at radius 2 is 1.94 bits per heavy atom. The highest BCUT2D eigenvalue weighted by Crippen LogP contribution is 2.19. The van der Waals surface area contributed by atoms with Crippen molar-refractivity contribution in [1.29, 1.82) is 0 Å². The summed E-state index contributed by atoms with van der Waals surface area (Å²) in [4.78, 5) is 0. The number of hydrogen-bond donors (Lipinski definition) is 3. The molecule has 0 saturated carbocycles. The third kappa shape index (κ3) is 3.54. The molecule has 1 atom stereocenters. The lowest BCUT2D eigenvalue weighted by Crippen LogP contribution is -2.24. The Labute approximate surface area is 95.9 Å². The molecule has 0 aliphatic rings. The number of benzene rings is 1. The summed E-state index contributed by atoms with van der Waals surface area (Å²) < 4.78 is 38.7. The highest BCUT2D eigenvalue weighted by molar-refractivity contribution is 5.80. The first-order valence-electron chi connectivity index (χ1n) is 4.81. The quantitative estimate of drug-likeness (QED) is 0.251. The lowest BCUT2D eigenvalue weighted by Gasteiger charge is -2.15. The number of nitrogens with two attached hydrogens (primary N) is 1. The first-order valence-corrected chi connectivity index (χ1v) is 4.81. The van der Waals surface area contributed by atoms with Gasteiger partial charge < -0.3 is 16.3 Å². The first-order chi connectivity index (χ1) is 7.93. The average Bonchev–Trinajstić information content (AvgIpc) is 2.25. The number of halogens is 3. The van der Waals surface area contributed by atoms with E-state index >= 15 is 0 Å². The van der Waals surface area contributed by atoms with Gasteiger partial charge in [0, 0.05) is 24.6 Å². The van der Waals surface area contributed by atoms with Crippen LogP contribution in [0.3, 0.4) is 0 Å². The van der Waals surface area contributed by atoms with Gasteiger partial charge in [0.1, 0.15) is 11.7 Å². The Balaban J connectivity index is 2.78. The van der Waals surface area contributed by atoms with Crippen LogP contribution >= 0.6 is 0 Å². The van der Waals surface area contributed by atoms with Gasteiger partial charge in [-0.3, -0.25) is 0 Å². The molecule has 0 aliphatic heterocycles. The summed E-state index contributed by atoms with van der Waals surface area (Å²) in [7, 11) is 0. The lowest BCUT2D eigenvalue weighted by molar-refractivity contribution is 0.316. The van der Waals surface area contributed by atoms with Gasteiger partial charge in [-0.2, -0.15) is 0 Å². The van der Waals surface area contributed by atoms with Gasteiger partial charge >= 0.3 is 0 Å². The van der Waals surface area contributed by atoms with Gasteiger partial charge in [-0.05, 0) is 6.92 Å². The summed E-state index contributed by atoms with van der Waals surface area (Å²) in [5, 5.41) is 13.7. The molecule has 1 aromatic rings. The number of hydrogen-bond acceptors (Lipinski definition) is 3. The SMILES string of the molecule is CC(CC(N)=NO)Nc1cc(F)c(F)cc1F. The van der Waals surface area contributed by atoms with Crippen molar-refractivity contribution in [3.05, 3.63) is 29.6 Å². The standard InChI is InChI=1S/C10H12F3N3O/c1-5(2-10(14)16-17)15-9-4-7(12)6(11)3-8(9)13/h3-5,15,17H,2H2,1H3,(H2,14,16). The zero-order valence-corrected chi connectivity index (χ0v) is 9.04. The molecule has 17 heavy (non-hydrogen) atoms. The fraction of sp³-hybridized carbons (Fsp3) is 0.300.